The first-order chi connectivity index (χ1) is 6.22. The average Bonchev–Trinajstić information content (AvgIpc) is 2.45. The van der Waals surface area contributed by atoms with Crippen LogP contribution in [0.3, 0.4) is 0 Å². The van der Waals surface area contributed by atoms with Crippen molar-refractivity contribution in [2.45, 2.75) is 6.92 Å². The van der Waals surface area contributed by atoms with Crippen molar-refractivity contribution in [1.29, 1.82) is 0 Å². The summed E-state index contributed by atoms with van der Waals surface area (Å²) in [6.07, 6.45) is 0. The van der Waals surface area contributed by atoms with Crippen molar-refractivity contribution in [3.8, 4) is 5.75 Å². The third-order valence-electron chi connectivity index (χ3n) is 1.78. The number of aromatic nitrogens is 1. The molecule has 0 bridgehead atoms. The van der Waals surface area contributed by atoms with Gasteiger partial charge in [-0.25, -0.2) is 4.98 Å². The summed E-state index contributed by atoms with van der Waals surface area (Å²) in [5.41, 5.74) is 1.51. The fraction of sp³-hybridized carbons (Fsp3) is 0.222. The van der Waals surface area contributed by atoms with E-state index in [1.807, 2.05) is 19.1 Å². The van der Waals surface area contributed by atoms with Crippen LogP contribution in [0.5, 0.6) is 5.75 Å². The number of halogens is 1. The Balaban J connectivity index is 2.82. The van der Waals surface area contributed by atoms with Gasteiger partial charge in [-0.1, -0.05) is 0 Å². The first kappa shape index (κ1) is 8.56. The minimum absolute atomic E-state index is 0.645. The molecule has 0 saturated heterocycles. The molecule has 0 fully saturated rings. The molecule has 0 amide bonds. The molecule has 2 rings (SSSR count). The number of nitrogens with zero attached hydrogens (tertiary/aromatic N) is 1. The van der Waals surface area contributed by atoms with Crippen molar-refractivity contribution in [3.05, 3.63) is 22.5 Å². The number of rotatable bonds is 1. The highest BCUT2D eigenvalue weighted by molar-refractivity contribution is 9.10. The van der Waals surface area contributed by atoms with Crippen LogP contribution in [-0.2, 0) is 0 Å². The van der Waals surface area contributed by atoms with Gasteiger partial charge in [-0.15, -0.1) is 0 Å². The van der Waals surface area contributed by atoms with Crippen molar-refractivity contribution in [3.63, 3.8) is 0 Å². The van der Waals surface area contributed by atoms with Crippen LogP contribution in [-0.4, -0.2) is 12.1 Å². The van der Waals surface area contributed by atoms with Gasteiger partial charge in [-0.3, -0.25) is 0 Å². The maximum atomic E-state index is 5.35. The lowest BCUT2D eigenvalue weighted by Crippen LogP contribution is -1.85. The normalized spacial score (nSPS) is 10.7. The van der Waals surface area contributed by atoms with Gasteiger partial charge in [-0.2, -0.15) is 0 Å². The molecule has 0 radical (unpaired) electrons. The number of ether oxygens (including phenoxy) is 1. The van der Waals surface area contributed by atoms with E-state index in [-0.39, 0.29) is 0 Å². The van der Waals surface area contributed by atoms with E-state index >= 15 is 0 Å². The van der Waals surface area contributed by atoms with E-state index in [4.69, 9.17) is 9.15 Å². The van der Waals surface area contributed by atoms with Gasteiger partial charge in [0.05, 0.1) is 11.6 Å². The third-order valence-corrected chi connectivity index (χ3v) is 2.40. The Hall–Kier alpha value is -1.03. The Labute approximate surface area is 83.8 Å². The van der Waals surface area contributed by atoms with Crippen LogP contribution in [0.15, 0.2) is 21.0 Å². The van der Waals surface area contributed by atoms with Crippen LogP contribution in [0.4, 0.5) is 0 Å². The molecule has 0 N–H and O–H groups in total. The highest BCUT2D eigenvalue weighted by Gasteiger charge is 2.10. The fourth-order valence-electron chi connectivity index (χ4n) is 1.25. The lowest BCUT2D eigenvalue weighted by molar-refractivity contribution is 0.416. The summed E-state index contributed by atoms with van der Waals surface area (Å²) in [5, 5.41) is 0. The van der Waals surface area contributed by atoms with Gasteiger partial charge in [0.25, 0.3) is 0 Å². The van der Waals surface area contributed by atoms with Gasteiger partial charge in [-0.05, 0) is 28.1 Å². The number of benzene rings is 1. The highest BCUT2D eigenvalue weighted by atomic mass is 79.9. The zero-order chi connectivity index (χ0) is 9.42. The molecule has 1 heterocycles. The van der Waals surface area contributed by atoms with Crippen molar-refractivity contribution >= 4 is 27.0 Å². The van der Waals surface area contributed by atoms with E-state index in [1.165, 1.54) is 0 Å². The molecule has 3 nitrogen and oxygen atoms in total. The molecule has 0 aliphatic carbocycles. The molecule has 0 aliphatic rings. The van der Waals surface area contributed by atoms with Crippen LogP contribution in [0, 0.1) is 6.92 Å². The number of fused-ring (bicyclic) bond motifs is 1. The summed E-state index contributed by atoms with van der Waals surface area (Å²) in [7, 11) is 1.61. The van der Waals surface area contributed by atoms with Crippen LogP contribution < -0.4 is 4.74 Å². The van der Waals surface area contributed by atoms with Gasteiger partial charge in [0, 0.05) is 6.92 Å². The zero-order valence-corrected chi connectivity index (χ0v) is 8.88. The Morgan fingerprint density at radius 1 is 1.46 bits per heavy atom. The summed E-state index contributed by atoms with van der Waals surface area (Å²) in [4.78, 5) is 4.22. The van der Waals surface area contributed by atoms with E-state index in [9.17, 15) is 0 Å². The summed E-state index contributed by atoms with van der Waals surface area (Å²) >= 11 is 3.38. The number of hydrogen-bond donors (Lipinski definition) is 0. The molecule has 1 aromatic heterocycles. The molecule has 0 aliphatic heterocycles. The molecule has 4 heteroatoms. The second kappa shape index (κ2) is 3.03. The van der Waals surface area contributed by atoms with Gasteiger partial charge >= 0.3 is 0 Å². The largest absolute Gasteiger partial charge is 0.493 e. The van der Waals surface area contributed by atoms with Gasteiger partial charge in [0.2, 0.25) is 0 Å². The number of oxazole rings is 1. The smallest absolute Gasteiger partial charge is 0.192 e. The van der Waals surface area contributed by atoms with Crippen molar-refractivity contribution in [1.82, 2.24) is 4.98 Å². The Morgan fingerprint density at radius 3 is 2.92 bits per heavy atom. The van der Waals surface area contributed by atoms with E-state index < -0.39 is 0 Å². The van der Waals surface area contributed by atoms with Crippen molar-refractivity contribution in [2.24, 2.45) is 0 Å². The lowest BCUT2D eigenvalue weighted by Gasteiger charge is -2.01. The van der Waals surface area contributed by atoms with Gasteiger partial charge in [0.1, 0.15) is 0 Å². The first-order valence-corrected chi connectivity index (χ1v) is 4.61. The standard InChI is InChI=1S/C9H8BrNO2/c1-5-11-8-7(13-5)4-3-6(10)9(8)12-2/h3-4H,1-2H3. The van der Waals surface area contributed by atoms with E-state index in [1.54, 1.807) is 7.11 Å². The van der Waals surface area contributed by atoms with Gasteiger partial charge in [0.15, 0.2) is 22.7 Å². The first-order valence-electron chi connectivity index (χ1n) is 3.82. The Bertz CT molecular complexity index is 450. The van der Waals surface area contributed by atoms with Crippen LogP contribution in [0.2, 0.25) is 0 Å². The molecule has 1 aromatic carbocycles. The molecule has 0 saturated carbocycles. The highest BCUT2D eigenvalue weighted by Crippen LogP contribution is 2.33. The summed E-state index contributed by atoms with van der Waals surface area (Å²) in [6.45, 7) is 1.81. The minimum atomic E-state index is 0.645. The third kappa shape index (κ3) is 1.31. The Morgan fingerprint density at radius 2 is 2.23 bits per heavy atom. The van der Waals surface area contributed by atoms with Crippen molar-refractivity contribution < 1.29 is 9.15 Å². The molecule has 0 unspecified atom stereocenters. The summed E-state index contributed by atoms with van der Waals surface area (Å²) in [6, 6.07) is 3.74. The van der Waals surface area contributed by atoms with Gasteiger partial charge < -0.3 is 9.15 Å². The Kier molecular flexibility index (Phi) is 2.00. The minimum Gasteiger partial charge on any atom is -0.493 e. The summed E-state index contributed by atoms with van der Waals surface area (Å²) in [5.74, 6) is 1.36. The molecular formula is C9H8BrNO2. The lowest BCUT2D eigenvalue weighted by atomic mass is 10.3. The quantitative estimate of drug-likeness (QED) is 0.771. The molecule has 0 spiro atoms. The van der Waals surface area contributed by atoms with Crippen molar-refractivity contribution in [2.75, 3.05) is 7.11 Å². The fourth-order valence-corrected chi connectivity index (χ4v) is 1.73. The second-order valence-corrected chi connectivity index (χ2v) is 3.51. The topological polar surface area (TPSA) is 35.3 Å². The van der Waals surface area contributed by atoms with E-state index in [0.717, 1.165) is 15.6 Å². The second-order valence-electron chi connectivity index (χ2n) is 2.66. The SMILES string of the molecule is COc1c(Br)ccc2oc(C)nc12. The predicted octanol–water partition coefficient (Wildman–Crippen LogP) is 2.91. The van der Waals surface area contributed by atoms with Crippen LogP contribution in [0.25, 0.3) is 11.1 Å². The molecule has 68 valence electrons. The number of hydrogen-bond acceptors (Lipinski definition) is 3. The summed E-state index contributed by atoms with van der Waals surface area (Å²) < 4.78 is 11.4. The van der Waals surface area contributed by atoms with E-state index in [2.05, 4.69) is 20.9 Å². The zero-order valence-electron chi connectivity index (χ0n) is 7.30. The molecule has 0 atom stereocenters. The van der Waals surface area contributed by atoms with Crippen LogP contribution >= 0.6 is 15.9 Å². The number of aryl methyl sites for hydroxylation is 1. The maximum absolute atomic E-state index is 5.35. The predicted molar refractivity (Wildman–Crippen MR) is 53.0 cm³/mol. The molecular weight excluding hydrogens is 234 g/mol. The van der Waals surface area contributed by atoms with Crippen LogP contribution in [0.1, 0.15) is 5.89 Å². The molecule has 2 aromatic rings. The maximum Gasteiger partial charge on any atom is 0.192 e. The number of methoxy groups -OCH3 is 1. The molecule has 13 heavy (non-hydrogen) atoms. The monoisotopic (exact) mass is 241 g/mol. The average molecular weight is 242 g/mol. The van der Waals surface area contributed by atoms with E-state index in [0.29, 0.717) is 11.6 Å².